The molecule has 0 radical (unpaired) electrons. The molecule has 1 saturated heterocycles. The van der Waals surface area contributed by atoms with E-state index in [2.05, 4.69) is 5.32 Å². The number of fused-ring (bicyclic) bond motifs is 1. The molecule has 4 aromatic rings. The molecule has 0 aliphatic carbocycles. The zero-order valence-electron chi connectivity index (χ0n) is 20.1. The third kappa shape index (κ3) is 4.99. The fourth-order valence-corrected chi connectivity index (χ4v) is 4.75. The smallest absolute Gasteiger partial charge is 0.253 e. The summed E-state index contributed by atoms with van der Waals surface area (Å²) >= 11 is 0. The second-order valence-electron chi connectivity index (χ2n) is 9.22. The molecule has 3 aromatic carbocycles. The summed E-state index contributed by atoms with van der Waals surface area (Å²) in [4.78, 5) is 18.8. The van der Waals surface area contributed by atoms with Crippen molar-refractivity contribution in [3.05, 3.63) is 107 Å². The van der Waals surface area contributed by atoms with Crippen LogP contribution in [-0.4, -0.2) is 41.8 Å². The van der Waals surface area contributed by atoms with Gasteiger partial charge >= 0.3 is 0 Å². The van der Waals surface area contributed by atoms with Crippen molar-refractivity contribution in [3.63, 3.8) is 0 Å². The molecule has 36 heavy (non-hydrogen) atoms. The monoisotopic (exact) mass is 485 g/mol. The van der Waals surface area contributed by atoms with Gasteiger partial charge in [-0.05, 0) is 30.7 Å². The first-order valence-electron chi connectivity index (χ1n) is 12.1. The standard InChI is InChI=1S/C29H28FN3O3/c1-20(22-10-7-11-23(30)18-22)31-29(34)27-24-12-5-6-13-26(24)32-28(21-8-3-2-4-9-21)25(27)19-33(35)14-16-36-17-15-33/h2-13,18,20H,14-17,19H2,1H3,(H,31,34). The number of carbonyl (C=O) groups is 1. The molecule has 1 aliphatic rings. The number of carbonyl (C=O) groups excluding carboxylic acids is 1. The van der Waals surface area contributed by atoms with E-state index in [1.165, 1.54) is 12.1 Å². The zero-order valence-corrected chi connectivity index (χ0v) is 20.1. The Kier molecular flexibility index (Phi) is 6.78. The van der Waals surface area contributed by atoms with Gasteiger partial charge in [-0.2, -0.15) is 0 Å². The summed E-state index contributed by atoms with van der Waals surface area (Å²) in [7, 11) is 0. The van der Waals surface area contributed by atoms with Gasteiger partial charge in [-0.15, -0.1) is 0 Å². The quantitative estimate of drug-likeness (QED) is 0.294. The zero-order chi connectivity index (χ0) is 25.1. The van der Waals surface area contributed by atoms with E-state index in [0.29, 0.717) is 59.6 Å². The largest absolute Gasteiger partial charge is 0.632 e. The van der Waals surface area contributed by atoms with Crippen LogP contribution in [0.5, 0.6) is 0 Å². The second-order valence-corrected chi connectivity index (χ2v) is 9.22. The second kappa shape index (κ2) is 10.1. The van der Waals surface area contributed by atoms with Crippen LogP contribution in [0.4, 0.5) is 4.39 Å². The van der Waals surface area contributed by atoms with Crippen molar-refractivity contribution in [1.29, 1.82) is 0 Å². The number of benzene rings is 3. The number of quaternary nitrogens is 1. The number of nitrogens with zero attached hydrogens (tertiary/aromatic N) is 2. The minimum Gasteiger partial charge on any atom is -0.632 e. The van der Waals surface area contributed by atoms with Crippen molar-refractivity contribution in [1.82, 2.24) is 10.3 Å². The number of para-hydroxylation sites is 1. The Morgan fingerprint density at radius 1 is 1.06 bits per heavy atom. The lowest BCUT2D eigenvalue weighted by Crippen LogP contribution is -2.50. The number of hydrogen-bond acceptors (Lipinski definition) is 4. The summed E-state index contributed by atoms with van der Waals surface area (Å²) in [6.07, 6.45) is 0. The van der Waals surface area contributed by atoms with Gasteiger partial charge in [0.05, 0.1) is 36.0 Å². The molecule has 1 unspecified atom stereocenters. The van der Waals surface area contributed by atoms with Crippen molar-refractivity contribution in [2.45, 2.75) is 19.5 Å². The minimum absolute atomic E-state index is 0.0997. The highest BCUT2D eigenvalue weighted by Crippen LogP contribution is 2.33. The lowest BCUT2D eigenvalue weighted by molar-refractivity contribution is -0.901. The molecular weight excluding hydrogens is 457 g/mol. The highest BCUT2D eigenvalue weighted by Gasteiger charge is 2.29. The van der Waals surface area contributed by atoms with Gasteiger partial charge in [0.25, 0.3) is 5.91 Å². The van der Waals surface area contributed by atoms with Crippen molar-refractivity contribution in [2.24, 2.45) is 0 Å². The Morgan fingerprint density at radius 3 is 2.53 bits per heavy atom. The average molecular weight is 486 g/mol. The van der Waals surface area contributed by atoms with Crippen LogP contribution >= 0.6 is 0 Å². The number of nitrogens with one attached hydrogen (secondary N) is 1. The Balaban J connectivity index is 1.66. The Bertz CT molecular complexity index is 1390. The normalized spacial score (nSPS) is 16.0. The molecule has 0 spiro atoms. The van der Waals surface area contributed by atoms with Gasteiger partial charge in [0, 0.05) is 16.5 Å². The maximum atomic E-state index is 13.9. The lowest BCUT2D eigenvalue weighted by Gasteiger charge is -2.45. The lowest BCUT2D eigenvalue weighted by atomic mass is 9.95. The number of ether oxygens (including phenoxy) is 1. The molecule has 184 valence electrons. The van der Waals surface area contributed by atoms with Gasteiger partial charge in [0.2, 0.25) is 0 Å². The number of aromatic nitrogens is 1. The number of hydrogen-bond donors (Lipinski definition) is 1. The number of hydroxylamine groups is 3. The summed E-state index contributed by atoms with van der Waals surface area (Å²) in [6.45, 7) is 3.29. The van der Waals surface area contributed by atoms with Crippen molar-refractivity contribution < 1.29 is 18.6 Å². The van der Waals surface area contributed by atoms with Gasteiger partial charge in [-0.1, -0.05) is 60.7 Å². The molecule has 7 heteroatoms. The van der Waals surface area contributed by atoms with Crippen LogP contribution in [0.15, 0.2) is 78.9 Å². The maximum absolute atomic E-state index is 13.9. The van der Waals surface area contributed by atoms with Gasteiger partial charge in [0.15, 0.2) is 0 Å². The SMILES string of the molecule is CC(NC(=O)c1c(C[N+]2([O-])CCOCC2)c(-c2ccccc2)nc2ccccc12)c1cccc(F)c1. The topological polar surface area (TPSA) is 74.3 Å². The molecular formula is C29H28FN3O3. The third-order valence-electron chi connectivity index (χ3n) is 6.70. The molecule has 1 amide bonds. The molecule has 6 nitrogen and oxygen atoms in total. The fraction of sp³-hybridized carbons (Fsp3) is 0.241. The molecule has 5 rings (SSSR count). The fourth-order valence-electron chi connectivity index (χ4n) is 4.75. The van der Waals surface area contributed by atoms with Crippen LogP contribution in [0.2, 0.25) is 0 Å². The molecule has 0 saturated carbocycles. The molecule has 1 fully saturated rings. The van der Waals surface area contributed by atoms with E-state index in [0.717, 1.165) is 5.56 Å². The van der Waals surface area contributed by atoms with E-state index in [4.69, 9.17) is 9.72 Å². The van der Waals surface area contributed by atoms with Crippen LogP contribution in [0.25, 0.3) is 22.2 Å². The Hall–Kier alpha value is -3.65. The van der Waals surface area contributed by atoms with Crippen LogP contribution in [-0.2, 0) is 11.3 Å². The molecule has 2 heterocycles. The molecule has 1 aromatic heterocycles. The van der Waals surface area contributed by atoms with Crippen molar-refractivity contribution >= 4 is 16.8 Å². The molecule has 0 bridgehead atoms. The predicted molar refractivity (Wildman–Crippen MR) is 137 cm³/mol. The van der Waals surface area contributed by atoms with Crippen LogP contribution < -0.4 is 5.32 Å². The highest BCUT2D eigenvalue weighted by molar-refractivity contribution is 6.09. The van der Waals surface area contributed by atoms with Crippen LogP contribution in [0, 0.1) is 11.0 Å². The van der Waals surface area contributed by atoms with Crippen LogP contribution in [0.1, 0.15) is 34.5 Å². The van der Waals surface area contributed by atoms with Gasteiger partial charge in [0.1, 0.15) is 25.5 Å². The average Bonchev–Trinajstić information content (AvgIpc) is 2.89. The predicted octanol–water partition coefficient (Wildman–Crippen LogP) is 5.38. The highest BCUT2D eigenvalue weighted by atomic mass is 19.1. The van der Waals surface area contributed by atoms with E-state index in [-0.39, 0.29) is 18.3 Å². The first kappa shape index (κ1) is 24.1. The number of amides is 1. The summed E-state index contributed by atoms with van der Waals surface area (Å²) in [5.41, 5.74) is 3.83. The summed E-state index contributed by atoms with van der Waals surface area (Å²) in [6, 6.07) is 22.8. The molecule has 1 atom stereocenters. The van der Waals surface area contributed by atoms with Crippen molar-refractivity contribution in [3.8, 4) is 11.3 Å². The summed E-state index contributed by atoms with van der Waals surface area (Å²) in [5, 5.41) is 17.4. The number of halogens is 1. The van der Waals surface area contributed by atoms with Crippen LogP contribution in [0.3, 0.4) is 0 Å². The maximum Gasteiger partial charge on any atom is 0.253 e. The van der Waals surface area contributed by atoms with Gasteiger partial charge in [-0.3, -0.25) is 4.79 Å². The van der Waals surface area contributed by atoms with E-state index < -0.39 is 10.7 Å². The summed E-state index contributed by atoms with van der Waals surface area (Å²) in [5.74, 6) is -0.683. The number of rotatable bonds is 6. The molecule has 1 aliphatic heterocycles. The summed E-state index contributed by atoms with van der Waals surface area (Å²) < 4.78 is 18.8. The number of morpholine rings is 1. The Morgan fingerprint density at radius 2 is 1.78 bits per heavy atom. The van der Waals surface area contributed by atoms with E-state index in [1.807, 2.05) is 61.5 Å². The first-order chi connectivity index (χ1) is 17.4. The molecule has 1 N–H and O–H groups in total. The minimum atomic E-state index is -0.487. The van der Waals surface area contributed by atoms with E-state index >= 15 is 0 Å². The van der Waals surface area contributed by atoms with Crippen molar-refractivity contribution in [2.75, 3.05) is 26.3 Å². The van der Waals surface area contributed by atoms with E-state index in [1.54, 1.807) is 12.1 Å². The van der Waals surface area contributed by atoms with Gasteiger partial charge < -0.3 is 19.9 Å². The third-order valence-corrected chi connectivity index (χ3v) is 6.70. The Labute approximate surface area is 209 Å². The van der Waals surface area contributed by atoms with E-state index in [9.17, 15) is 14.4 Å². The number of pyridine rings is 1. The van der Waals surface area contributed by atoms with Gasteiger partial charge in [-0.25, -0.2) is 9.37 Å². The first-order valence-corrected chi connectivity index (χ1v) is 12.1.